The molecule has 0 radical (unpaired) electrons. The van der Waals surface area contributed by atoms with Gasteiger partial charge in [0.1, 0.15) is 5.03 Å². The summed E-state index contributed by atoms with van der Waals surface area (Å²) < 4.78 is 3.96. The molecule has 0 saturated carbocycles. The minimum atomic E-state index is 0.169. The van der Waals surface area contributed by atoms with E-state index in [9.17, 15) is 0 Å². The summed E-state index contributed by atoms with van der Waals surface area (Å²) in [6.07, 6.45) is 7.74. The predicted molar refractivity (Wildman–Crippen MR) is 82.4 cm³/mol. The van der Waals surface area contributed by atoms with Gasteiger partial charge in [-0.05, 0) is 6.42 Å². The highest BCUT2D eigenvalue weighted by Crippen LogP contribution is 2.32. The summed E-state index contributed by atoms with van der Waals surface area (Å²) in [5.74, 6) is 0. The predicted octanol–water partition coefficient (Wildman–Crippen LogP) is 2.56. The number of aryl methyl sites for hydroxylation is 1. The van der Waals surface area contributed by atoms with Gasteiger partial charge in [0.15, 0.2) is 4.96 Å². The quantitative estimate of drug-likeness (QED) is 0.787. The van der Waals surface area contributed by atoms with Gasteiger partial charge in [0.25, 0.3) is 0 Å². The van der Waals surface area contributed by atoms with E-state index in [2.05, 4.69) is 28.0 Å². The van der Waals surface area contributed by atoms with Gasteiger partial charge in [-0.25, -0.2) is 4.98 Å². The molecule has 1 unspecified atom stereocenters. The van der Waals surface area contributed by atoms with Gasteiger partial charge in [0.2, 0.25) is 0 Å². The second-order valence-electron chi connectivity index (χ2n) is 4.74. The maximum absolute atomic E-state index is 6.13. The zero-order valence-electron chi connectivity index (χ0n) is 11.5. The van der Waals surface area contributed by atoms with Gasteiger partial charge in [0, 0.05) is 37.3 Å². The third-order valence-corrected chi connectivity index (χ3v) is 4.92. The number of nitrogens with two attached hydrogens (primary N) is 1. The monoisotopic (exact) mass is 307 g/mol. The van der Waals surface area contributed by atoms with Gasteiger partial charge >= 0.3 is 0 Å². The van der Waals surface area contributed by atoms with Gasteiger partial charge in [0.05, 0.1) is 16.8 Å². The van der Waals surface area contributed by atoms with Crippen molar-refractivity contribution in [3.63, 3.8) is 0 Å². The van der Waals surface area contributed by atoms with Crippen LogP contribution in [0.5, 0.6) is 0 Å². The molecular weight excluding hydrogens is 290 g/mol. The van der Waals surface area contributed by atoms with Crippen LogP contribution in [0.25, 0.3) is 4.96 Å². The van der Waals surface area contributed by atoms with E-state index in [1.165, 1.54) is 5.69 Å². The zero-order chi connectivity index (χ0) is 14.1. The van der Waals surface area contributed by atoms with Gasteiger partial charge in [-0.1, -0.05) is 18.7 Å². The lowest BCUT2D eigenvalue weighted by Gasteiger charge is -2.09. The summed E-state index contributed by atoms with van der Waals surface area (Å²) in [5, 5.41) is 7.29. The number of imidazole rings is 1. The van der Waals surface area contributed by atoms with Crippen LogP contribution in [0, 0.1) is 0 Å². The number of hydrogen-bond acceptors (Lipinski definition) is 5. The normalized spacial score (nSPS) is 13.2. The molecule has 2 N–H and O–H groups in total. The molecule has 3 rings (SSSR count). The van der Waals surface area contributed by atoms with Crippen LogP contribution in [0.1, 0.15) is 19.0 Å². The number of nitrogens with zero attached hydrogens (tertiary/aromatic N) is 4. The Morgan fingerprint density at radius 3 is 3.05 bits per heavy atom. The Morgan fingerprint density at radius 1 is 1.50 bits per heavy atom. The van der Waals surface area contributed by atoms with Crippen LogP contribution in [0.15, 0.2) is 33.9 Å². The van der Waals surface area contributed by atoms with Crippen molar-refractivity contribution in [1.29, 1.82) is 0 Å². The van der Waals surface area contributed by atoms with E-state index in [-0.39, 0.29) is 6.04 Å². The molecule has 0 saturated heterocycles. The van der Waals surface area contributed by atoms with Crippen molar-refractivity contribution in [1.82, 2.24) is 19.2 Å². The van der Waals surface area contributed by atoms with E-state index in [1.807, 2.05) is 19.4 Å². The Balaban J connectivity index is 1.96. The zero-order valence-corrected chi connectivity index (χ0v) is 13.1. The van der Waals surface area contributed by atoms with Crippen molar-refractivity contribution in [2.24, 2.45) is 12.8 Å². The first-order chi connectivity index (χ1) is 9.67. The molecule has 20 heavy (non-hydrogen) atoms. The van der Waals surface area contributed by atoms with Gasteiger partial charge in [-0.2, -0.15) is 5.10 Å². The average Bonchev–Trinajstić information content (AvgIpc) is 3.09. The molecule has 0 fully saturated rings. The molecule has 3 aromatic heterocycles. The molecule has 0 aliphatic rings. The Morgan fingerprint density at radius 2 is 2.35 bits per heavy atom. The highest BCUT2D eigenvalue weighted by Gasteiger charge is 2.17. The third kappa shape index (κ3) is 2.61. The number of aromatic nitrogens is 4. The van der Waals surface area contributed by atoms with Crippen molar-refractivity contribution in [3.05, 3.63) is 29.7 Å². The maximum atomic E-state index is 6.13. The molecule has 0 amide bonds. The lowest BCUT2D eigenvalue weighted by Crippen LogP contribution is -2.22. The fourth-order valence-electron chi connectivity index (χ4n) is 2.04. The Hall–Kier alpha value is -1.31. The minimum absolute atomic E-state index is 0.169. The molecule has 0 aliphatic heterocycles. The van der Waals surface area contributed by atoms with E-state index >= 15 is 0 Å². The smallest absolute Gasteiger partial charge is 0.194 e. The van der Waals surface area contributed by atoms with Crippen LogP contribution in [-0.4, -0.2) is 25.2 Å². The SMILES string of the molecule is CCC(N)Cc1c(Sc2cnn(C)c2)nc2sccn12. The van der Waals surface area contributed by atoms with Crippen LogP contribution in [0.4, 0.5) is 0 Å². The highest BCUT2D eigenvalue weighted by atomic mass is 32.2. The van der Waals surface area contributed by atoms with E-state index < -0.39 is 0 Å². The molecule has 0 spiro atoms. The summed E-state index contributed by atoms with van der Waals surface area (Å²) in [5.41, 5.74) is 7.33. The summed E-state index contributed by atoms with van der Waals surface area (Å²) in [4.78, 5) is 6.84. The maximum Gasteiger partial charge on any atom is 0.194 e. The van der Waals surface area contributed by atoms with Crippen molar-refractivity contribution in [2.45, 2.75) is 35.7 Å². The lowest BCUT2D eigenvalue weighted by molar-refractivity contribution is 0.627. The molecule has 3 aromatic rings. The molecule has 0 bridgehead atoms. The standard InChI is InChI=1S/C13H17N5S2/c1-3-9(14)6-11-12(16-13-18(11)4-5-19-13)20-10-7-15-17(2)8-10/h4-5,7-9H,3,6,14H2,1-2H3. The lowest BCUT2D eigenvalue weighted by atomic mass is 10.1. The van der Waals surface area contributed by atoms with Gasteiger partial charge in [-0.3, -0.25) is 9.08 Å². The molecule has 0 aromatic carbocycles. The minimum Gasteiger partial charge on any atom is -0.327 e. The summed E-state index contributed by atoms with van der Waals surface area (Å²) in [6.45, 7) is 2.12. The Labute approximate surface area is 125 Å². The van der Waals surface area contributed by atoms with E-state index in [0.29, 0.717) is 0 Å². The third-order valence-electron chi connectivity index (χ3n) is 3.20. The van der Waals surface area contributed by atoms with Gasteiger partial charge < -0.3 is 5.73 Å². The summed E-state index contributed by atoms with van der Waals surface area (Å²) in [7, 11) is 1.92. The molecule has 0 aliphatic carbocycles. The van der Waals surface area contributed by atoms with Crippen LogP contribution in [0.2, 0.25) is 0 Å². The van der Waals surface area contributed by atoms with Crippen LogP contribution >= 0.6 is 23.1 Å². The Kier molecular flexibility index (Phi) is 3.82. The van der Waals surface area contributed by atoms with E-state index in [4.69, 9.17) is 10.7 Å². The largest absolute Gasteiger partial charge is 0.327 e. The summed E-state index contributed by atoms with van der Waals surface area (Å²) in [6, 6.07) is 0.169. The van der Waals surface area contributed by atoms with Crippen LogP contribution in [0.3, 0.4) is 0 Å². The fourth-order valence-corrected chi connectivity index (χ4v) is 3.79. The second kappa shape index (κ2) is 5.59. The molecule has 106 valence electrons. The molecular formula is C13H17N5S2. The van der Waals surface area contributed by atoms with Crippen molar-refractivity contribution in [2.75, 3.05) is 0 Å². The first-order valence-corrected chi connectivity index (χ1v) is 8.23. The molecule has 7 heteroatoms. The first-order valence-electron chi connectivity index (χ1n) is 6.54. The van der Waals surface area contributed by atoms with E-state index in [1.54, 1.807) is 27.8 Å². The van der Waals surface area contributed by atoms with Crippen molar-refractivity contribution < 1.29 is 0 Å². The Bertz CT molecular complexity index is 711. The second-order valence-corrected chi connectivity index (χ2v) is 6.68. The number of fused-ring (bicyclic) bond motifs is 1. The van der Waals surface area contributed by atoms with Crippen molar-refractivity contribution in [3.8, 4) is 0 Å². The van der Waals surface area contributed by atoms with Crippen molar-refractivity contribution >= 4 is 28.1 Å². The topological polar surface area (TPSA) is 61.1 Å². The molecule has 1 atom stereocenters. The number of rotatable bonds is 5. The summed E-state index contributed by atoms with van der Waals surface area (Å²) >= 11 is 3.30. The number of thiazole rings is 1. The van der Waals surface area contributed by atoms with Gasteiger partial charge in [-0.15, -0.1) is 11.3 Å². The molecule has 5 nitrogen and oxygen atoms in total. The first kappa shape index (κ1) is 13.7. The van der Waals surface area contributed by atoms with Crippen LogP contribution < -0.4 is 5.73 Å². The molecule has 3 heterocycles. The fraction of sp³-hybridized carbons (Fsp3) is 0.385. The number of hydrogen-bond donors (Lipinski definition) is 1. The highest BCUT2D eigenvalue weighted by molar-refractivity contribution is 7.99. The van der Waals surface area contributed by atoms with E-state index in [0.717, 1.165) is 27.7 Å². The van der Waals surface area contributed by atoms with Crippen LogP contribution in [-0.2, 0) is 13.5 Å². The average molecular weight is 307 g/mol.